The molecule has 5 nitrogen and oxygen atoms in total. The van der Waals surface area contributed by atoms with Crippen molar-refractivity contribution in [3.63, 3.8) is 0 Å². The number of sulfonamides is 1. The number of anilines is 1. The largest absolute Gasteiger partial charge is 0.493 e. The van der Waals surface area contributed by atoms with Crippen LogP contribution in [0.1, 0.15) is 24.8 Å². The van der Waals surface area contributed by atoms with Gasteiger partial charge in [0.1, 0.15) is 5.75 Å². The first-order chi connectivity index (χ1) is 16.5. The predicted molar refractivity (Wildman–Crippen MR) is 138 cm³/mol. The van der Waals surface area contributed by atoms with E-state index in [-0.39, 0.29) is 11.4 Å². The summed E-state index contributed by atoms with van der Waals surface area (Å²) in [5, 5.41) is 3.97. The molecule has 0 saturated carbocycles. The Labute approximate surface area is 207 Å². The third-order valence-electron chi connectivity index (χ3n) is 5.80. The van der Waals surface area contributed by atoms with Crippen LogP contribution in [0.2, 0.25) is 5.02 Å². The van der Waals surface area contributed by atoms with E-state index in [0.29, 0.717) is 29.1 Å². The van der Waals surface area contributed by atoms with E-state index in [1.54, 1.807) is 24.3 Å². The highest BCUT2D eigenvalue weighted by atomic mass is 35.5. The van der Waals surface area contributed by atoms with Crippen molar-refractivity contribution in [2.45, 2.75) is 36.7 Å². The molecular formula is C27H29ClN2O3S. The van der Waals surface area contributed by atoms with Crippen molar-refractivity contribution in [2.75, 3.05) is 17.5 Å². The highest BCUT2D eigenvalue weighted by molar-refractivity contribution is 7.92. The summed E-state index contributed by atoms with van der Waals surface area (Å²) in [6, 6.07) is 23.5. The van der Waals surface area contributed by atoms with Gasteiger partial charge in [-0.1, -0.05) is 60.2 Å². The Hall–Kier alpha value is -2.80. The molecule has 1 aliphatic heterocycles. The van der Waals surface area contributed by atoms with E-state index in [4.69, 9.17) is 16.3 Å². The molecule has 0 fully saturated rings. The van der Waals surface area contributed by atoms with Crippen LogP contribution in [-0.4, -0.2) is 27.6 Å². The molecule has 178 valence electrons. The topological polar surface area (TPSA) is 58.6 Å². The molecule has 34 heavy (non-hydrogen) atoms. The Morgan fingerprint density at radius 3 is 2.41 bits per heavy atom. The third kappa shape index (κ3) is 6.20. The fourth-order valence-electron chi connectivity index (χ4n) is 3.97. The summed E-state index contributed by atoms with van der Waals surface area (Å²) < 4.78 is 34.8. The van der Waals surface area contributed by atoms with Crippen molar-refractivity contribution in [3.05, 3.63) is 102 Å². The summed E-state index contributed by atoms with van der Waals surface area (Å²) in [7, 11) is -3.82. The maximum Gasteiger partial charge on any atom is 0.264 e. The highest BCUT2D eigenvalue weighted by Gasteiger charge is 2.26. The standard InChI is InChI=1S/C27H29ClN2O3S/c28-23-15-17-26(18-16-23)34(31,32)30(25-12-2-1-3-13-25)21-22-9-4-5-14-27(22)33-20-8-11-24-10-6-7-19-29-24/h1-7,9,12-18,24,29H,8,10-11,19-21H2. The fourth-order valence-corrected chi connectivity index (χ4v) is 5.54. The molecule has 7 heteroatoms. The predicted octanol–water partition coefficient (Wildman–Crippen LogP) is 5.81. The monoisotopic (exact) mass is 496 g/mol. The van der Waals surface area contributed by atoms with Gasteiger partial charge in [-0.2, -0.15) is 0 Å². The minimum atomic E-state index is -3.82. The molecule has 3 aromatic rings. The molecule has 3 aromatic carbocycles. The summed E-state index contributed by atoms with van der Waals surface area (Å²) in [6.45, 7) is 1.65. The molecule has 0 amide bonds. The zero-order valence-corrected chi connectivity index (χ0v) is 20.5. The lowest BCUT2D eigenvalue weighted by Gasteiger charge is -2.26. The van der Waals surface area contributed by atoms with E-state index in [1.807, 2.05) is 42.5 Å². The minimum Gasteiger partial charge on any atom is -0.493 e. The molecule has 0 saturated heterocycles. The van der Waals surface area contributed by atoms with Gasteiger partial charge in [-0.05, 0) is 61.7 Å². The van der Waals surface area contributed by atoms with Gasteiger partial charge in [0.25, 0.3) is 10.0 Å². The Kier molecular flexibility index (Phi) is 8.27. The first kappa shape index (κ1) is 24.3. The molecular weight excluding hydrogens is 468 g/mol. The second kappa shape index (κ2) is 11.6. The molecule has 0 radical (unpaired) electrons. The van der Waals surface area contributed by atoms with Crippen LogP contribution in [0.5, 0.6) is 5.75 Å². The number of hydrogen-bond acceptors (Lipinski definition) is 4. The van der Waals surface area contributed by atoms with Crippen LogP contribution in [0, 0.1) is 0 Å². The molecule has 1 N–H and O–H groups in total. The lowest BCUT2D eigenvalue weighted by molar-refractivity contribution is 0.293. The second-order valence-corrected chi connectivity index (χ2v) is 10.5. The zero-order chi connectivity index (χ0) is 23.8. The second-order valence-electron chi connectivity index (χ2n) is 8.21. The van der Waals surface area contributed by atoms with Gasteiger partial charge in [-0.3, -0.25) is 4.31 Å². The van der Waals surface area contributed by atoms with E-state index >= 15 is 0 Å². The van der Waals surface area contributed by atoms with Gasteiger partial charge in [-0.15, -0.1) is 0 Å². The van der Waals surface area contributed by atoms with Crippen molar-refractivity contribution < 1.29 is 13.2 Å². The Balaban J connectivity index is 1.53. The molecule has 0 aromatic heterocycles. The quantitative estimate of drug-likeness (QED) is 0.284. The van der Waals surface area contributed by atoms with Crippen LogP contribution in [0.25, 0.3) is 0 Å². The number of benzene rings is 3. The van der Waals surface area contributed by atoms with Gasteiger partial charge in [0, 0.05) is 23.2 Å². The Morgan fingerprint density at radius 2 is 1.68 bits per heavy atom. The van der Waals surface area contributed by atoms with E-state index in [0.717, 1.165) is 31.4 Å². The van der Waals surface area contributed by atoms with E-state index in [1.165, 1.54) is 16.4 Å². The first-order valence-electron chi connectivity index (χ1n) is 11.5. The average Bonchev–Trinajstić information content (AvgIpc) is 2.87. The SMILES string of the molecule is O=S(=O)(c1ccc(Cl)cc1)N(Cc1ccccc1OCCCC1CC=CCN1)c1ccccc1. The lowest BCUT2D eigenvalue weighted by atomic mass is 10.1. The molecule has 1 aliphatic rings. The van der Waals surface area contributed by atoms with Crippen molar-refractivity contribution in [1.82, 2.24) is 5.32 Å². The van der Waals surface area contributed by atoms with Gasteiger partial charge < -0.3 is 10.1 Å². The number of nitrogens with zero attached hydrogens (tertiary/aromatic N) is 1. The minimum absolute atomic E-state index is 0.153. The van der Waals surface area contributed by atoms with Gasteiger partial charge in [0.05, 0.1) is 23.7 Å². The lowest BCUT2D eigenvalue weighted by Crippen LogP contribution is -2.31. The van der Waals surface area contributed by atoms with Gasteiger partial charge in [0.2, 0.25) is 0 Å². The molecule has 1 unspecified atom stereocenters. The molecule has 0 spiro atoms. The normalized spacial score (nSPS) is 15.7. The number of ether oxygens (including phenoxy) is 1. The molecule has 1 atom stereocenters. The summed E-state index contributed by atoms with van der Waals surface area (Å²) in [5.41, 5.74) is 1.39. The Morgan fingerprint density at radius 1 is 0.941 bits per heavy atom. The fraction of sp³-hybridized carbons (Fsp3) is 0.259. The molecule has 0 bridgehead atoms. The third-order valence-corrected chi connectivity index (χ3v) is 7.84. The number of hydrogen-bond donors (Lipinski definition) is 1. The molecule has 4 rings (SSSR count). The van der Waals surface area contributed by atoms with E-state index in [9.17, 15) is 8.42 Å². The average molecular weight is 497 g/mol. The van der Waals surface area contributed by atoms with E-state index in [2.05, 4.69) is 17.5 Å². The summed E-state index contributed by atoms with van der Waals surface area (Å²) >= 11 is 5.99. The van der Waals surface area contributed by atoms with Crippen molar-refractivity contribution in [2.24, 2.45) is 0 Å². The Bertz CT molecular complexity index is 1200. The zero-order valence-electron chi connectivity index (χ0n) is 18.9. The maximum atomic E-state index is 13.6. The van der Waals surface area contributed by atoms with Crippen molar-refractivity contribution in [1.29, 1.82) is 0 Å². The van der Waals surface area contributed by atoms with Crippen LogP contribution >= 0.6 is 11.6 Å². The first-order valence-corrected chi connectivity index (χ1v) is 13.3. The number of halogens is 1. The van der Waals surface area contributed by atoms with Gasteiger partial charge >= 0.3 is 0 Å². The van der Waals surface area contributed by atoms with Crippen LogP contribution in [0.3, 0.4) is 0 Å². The maximum absolute atomic E-state index is 13.6. The number of para-hydroxylation sites is 2. The van der Waals surface area contributed by atoms with Crippen molar-refractivity contribution in [3.8, 4) is 5.75 Å². The molecule has 1 heterocycles. The van der Waals surface area contributed by atoms with E-state index < -0.39 is 10.0 Å². The van der Waals surface area contributed by atoms with Crippen LogP contribution in [-0.2, 0) is 16.6 Å². The summed E-state index contributed by atoms with van der Waals surface area (Å²) in [5.74, 6) is 0.700. The molecule has 0 aliphatic carbocycles. The van der Waals surface area contributed by atoms with Gasteiger partial charge in [-0.25, -0.2) is 8.42 Å². The summed E-state index contributed by atoms with van der Waals surface area (Å²) in [4.78, 5) is 0.188. The summed E-state index contributed by atoms with van der Waals surface area (Å²) in [6.07, 6.45) is 7.38. The van der Waals surface area contributed by atoms with Crippen LogP contribution < -0.4 is 14.4 Å². The van der Waals surface area contributed by atoms with Crippen molar-refractivity contribution >= 4 is 27.3 Å². The highest BCUT2D eigenvalue weighted by Crippen LogP contribution is 2.29. The van der Waals surface area contributed by atoms with Gasteiger partial charge in [0.15, 0.2) is 0 Å². The number of rotatable bonds is 10. The van der Waals surface area contributed by atoms with Crippen LogP contribution in [0.15, 0.2) is 95.9 Å². The number of nitrogens with one attached hydrogen (secondary N) is 1. The smallest absolute Gasteiger partial charge is 0.264 e. The van der Waals surface area contributed by atoms with Crippen LogP contribution in [0.4, 0.5) is 5.69 Å².